The molecule has 3 nitrogen and oxygen atoms in total. The van der Waals surface area contributed by atoms with Crippen LogP contribution in [0.2, 0.25) is 0 Å². The maximum absolute atomic E-state index is 11.0. The van der Waals surface area contributed by atoms with Crippen molar-refractivity contribution in [2.75, 3.05) is 0 Å². The molecule has 0 radical (unpaired) electrons. The second-order valence-corrected chi connectivity index (χ2v) is 4.43. The van der Waals surface area contributed by atoms with E-state index in [1.165, 1.54) is 11.3 Å². The summed E-state index contributed by atoms with van der Waals surface area (Å²) in [6.45, 7) is 5.53. The Labute approximate surface area is 103 Å². The van der Waals surface area contributed by atoms with E-state index in [1.54, 1.807) is 12.3 Å². The monoisotopic (exact) mass is 245 g/mol. The fourth-order valence-corrected chi connectivity index (χ4v) is 2.63. The lowest BCUT2D eigenvalue weighted by Crippen LogP contribution is -1.95. The second-order valence-electron chi connectivity index (χ2n) is 3.55. The van der Waals surface area contributed by atoms with Crippen LogP contribution in [0.15, 0.2) is 30.3 Å². The van der Waals surface area contributed by atoms with Crippen molar-refractivity contribution < 1.29 is 9.90 Å². The zero-order chi connectivity index (χ0) is 12.4. The average molecular weight is 245 g/mol. The van der Waals surface area contributed by atoms with Crippen molar-refractivity contribution in [3.05, 3.63) is 46.4 Å². The summed E-state index contributed by atoms with van der Waals surface area (Å²) >= 11 is 1.24. The van der Waals surface area contributed by atoms with Crippen molar-refractivity contribution in [3.63, 3.8) is 0 Å². The molecule has 0 aromatic carbocycles. The molecule has 17 heavy (non-hydrogen) atoms. The number of hydrogen-bond donors (Lipinski definition) is 1. The molecule has 0 saturated carbocycles. The standard InChI is InChI=1S/C13H11NO2S/c1-3-11-9(5-4-6-14-11)10-7-17-12(8(10)2)13(15)16/h3-7H,1H2,2H3,(H,15,16). The van der Waals surface area contributed by atoms with Gasteiger partial charge in [0.05, 0.1) is 5.69 Å². The van der Waals surface area contributed by atoms with Gasteiger partial charge < -0.3 is 5.11 Å². The molecule has 1 N–H and O–H groups in total. The SMILES string of the molecule is C=Cc1ncccc1-c1csc(C(=O)O)c1C. The quantitative estimate of drug-likeness (QED) is 0.900. The van der Waals surface area contributed by atoms with Crippen molar-refractivity contribution in [1.82, 2.24) is 4.98 Å². The number of thiophene rings is 1. The van der Waals surface area contributed by atoms with Crippen LogP contribution in [0.4, 0.5) is 0 Å². The number of carbonyl (C=O) groups is 1. The van der Waals surface area contributed by atoms with Crippen LogP contribution in [0, 0.1) is 6.92 Å². The summed E-state index contributed by atoms with van der Waals surface area (Å²) in [6, 6.07) is 3.75. The number of carboxylic acid groups (broad SMARTS) is 1. The molecule has 0 unspecified atom stereocenters. The minimum Gasteiger partial charge on any atom is -0.477 e. The van der Waals surface area contributed by atoms with Crippen LogP contribution in [0.5, 0.6) is 0 Å². The van der Waals surface area contributed by atoms with Crippen molar-refractivity contribution >= 4 is 23.4 Å². The third-order valence-corrected chi connectivity index (χ3v) is 3.63. The smallest absolute Gasteiger partial charge is 0.346 e. The molecule has 4 heteroatoms. The van der Waals surface area contributed by atoms with Crippen LogP contribution in [-0.2, 0) is 0 Å². The first-order chi connectivity index (χ1) is 8.15. The summed E-state index contributed by atoms with van der Waals surface area (Å²) in [5, 5.41) is 10.9. The Morgan fingerprint density at radius 1 is 1.53 bits per heavy atom. The molecule has 2 aromatic heterocycles. The lowest BCUT2D eigenvalue weighted by molar-refractivity contribution is 0.0701. The molecule has 0 spiro atoms. The number of aromatic carboxylic acids is 1. The predicted octanol–water partition coefficient (Wildman–Crippen LogP) is 3.46. The van der Waals surface area contributed by atoms with Crippen molar-refractivity contribution in [1.29, 1.82) is 0 Å². The largest absolute Gasteiger partial charge is 0.477 e. The molecule has 0 aliphatic rings. The molecule has 0 aliphatic carbocycles. The van der Waals surface area contributed by atoms with Gasteiger partial charge in [-0.25, -0.2) is 4.79 Å². The topological polar surface area (TPSA) is 50.2 Å². The summed E-state index contributed by atoms with van der Waals surface area (Å²) in [5.74, 6) is -0.886. The van der Waals surface area contributed by atoms with Gasteiger partial charge in [0.25, 0.3) is 0 Å². The van der Waals surface area contributed by atoms with E-state index in [2.05, 4.69) is 11.6 Å². The summed E-state index contributed by atoms with van der Waals surface area (Å²) in [5.41, 5.74) is 3.38. The minimum atomic E-state index is -0.886. The van der Waals surface area contributed by atoms with Crippen molar-refractivity contribution in [2.45, 2.75) is 6.92 Å². The van der Waals surface area contributed by atoms with E-state index in [0.717, 1.165) is 22.4 Å². The van der Waals surface area contributed by atoms with Crippen LogP contribution < -0.4 is 0 Å². The summed E-state index contributed by atoms with van der Waals surface area (Å²) in [4.78, 5) is 15.6. The van der Waals surface area contributed by atoms with Crippen LogP contribution >= 0.6 is 11.3 Å². The Balaban J connectivity index is 2.61. The van der Waals surface area contributed by atoms with Gasteiger partial charge in [-0.05, 0) is 35.6 Å². The Kier molecular flexibility index (Phi) is 3.06. The highest BCUT2D eigenvalue weighted by atomic mass is 32.1. The Hall–Kier alpha value is -1.94. The van der Waals surface area contributed by atoms with E-state index in [0.29, 0.717) is 4.88 Å². The second kappa shape index (κ2) is 4.51. The molecule has 2 aromatic rings. The van der Waals surface area contributed by atoms with Crippen LogP contribution in [0.3, 0.4) is 0 Å². The fraction of sp³-hybridized carbons (Fsp3) is 0.0769. The molecular formula is C13H11NO2S. The van der Waals surface area contributed by atoms with Gasteiger partial charge in [0.1, 0.15) is 4.88 Å². The van der Waals surface area contributed by atoms with Gasteiger partial charge in [0.2, 0.25) is 0 Å². The lowest BCUT2D eigenvalue weighted by Gasteiger charge is -2.04. The predicted molar refractivity (Wildman–Crippen MR) is 69.3 cm³/mol. The molecular weight excluding hydrogens is 234 g/mol. The number of carboxylic acids is 1. The van der Waals surface area contributed by atoms with Crippen molar-refractivity contribution in [3.8, 4) is 11.1 Å². The third kappa shape index (κ3) is 1.99. The van der Waals surface area contributed by atoms with Gasteiger partial charge in [-0.3, -0.25) is 4.98 Å². The summed E-state index contributed by atoms with van der Waals surface area (Å²) < 4.78 is 0. The molecule has 0 aliphatic heterocycles. The van der Waals surface area contributed by atoms with Gasteiger partial charge in [-0.2, -0.15) is 0 Å². The zero-order valence-electron chi connectivity index (χ0n) is 9.30. The van der Waals surface area contributed by atoms with E-state index in [9.17, 15) is 4.79 Å². The van der Waals surface area contributed by atoms with Gasteiger partial charge in [0.15, 0.2) is 0 Å². The molecule has 2 heterocycles. The first-order valence-corrected chi connectivity index (χ1v) is 5.92. The van der Waals surface area contributed by atoms with Gasteiger partial charge in [0, 0.05) is 11.8 Å². The number of pyridine rings is 1. The highest BCUT2D eigenvalue weighted by Gasteiger charge is 2.16. The minimum absolute atomic E-state index is 0.374. The van der Waals surface area contributed by atoms with Gasteiger partial charge in [-0.15, -0.1) is 11.3 Å². The number of nitrogens with zero attached hydrogens (tertiary/aromatic N) is 1. The third-order valence-electron chi connectivity index (χ3n) is 2.56. The van der Waals surface area contributed by atoms with Crippen LogP contribution in [0.25, 0.3) is 17.2 Å². The Morgan fingerprint density at radius 3 is 2.88 bits per heavy atom. The number of hydrogen-bond acceptors (Lipinski definition) is 3. The fourth-order valence-electron chi connectivity index (χ4n) is 1.70. The molecule has 0 saturated heterocycles. The van der Waals surface area contributed by atoms with E-state index in [4.69, 9.17) is 5.11 Å². The first-order valence-electron chi connectivity index (χ1n) is 5.04. The first kappa shape index (κ1) is 11.5. The van der Waals surface area contributed by atoms with E-state index >= 15 is 0 Å². The van der Waals surface area contributed by atoms with Gasteiger partial charge in [-0.1, -0.05) is 12.6 Å². The summed E-state index contributed by atoms with van der Waals surface area (Å²) in [7, 11) is 0. The normalized spacial score (nSPS) is 10.2. The van der Waals surface area contributed by atoms with Gasteiger partial charge >= 0.3 is 5.97 Å². The zero-order valence-corrected chi connectivity index (χ0v) is 10.1. The molecule has 0 atom stereocenters. The van der Waals surface area contributed by atoms with E-state index in [-0.39, 0.29) is 0 Å². The Bertz CT molecular complexity index is 587. The molecule has 0 bridgehead atoms. The highest BCUT2D eigenvalue weighted by molar-refractivity contribution is 7.12. The van der Waals surface area contributed by atoms with E-state index < -0.39 is 5.97 Å². The highest BCUT2D eigenvalue weighted by Crippen LogP contribution is 2.32. The molecule has 86 valence electrons. The van der Waals surface area contributed by atoms with Crippen LogP contribution in [0.1, 0.15) is 20.9 Å². The van der Waals surface area contributed by atoms with Crippen molar-refractivity contribution in [2.24, 2.45) is 0 Å². The molecule has 0 fully saturated rings. The maximum Gasteiger partial charge on any atom is 0.346 e. The Morgan fingerprint density at radius 2 is 2.29 bits per heavy atom. The average Bonchev–Trinajstić information content (AvgIpc) is 2.71. The molecule has 0 amide bonds. The number of aromatic nitrogens is 1. The van der Waals surface area contributed by atoms with E-state index in [1.807, 2.05) is 24.4 Å². The lowest BCUT2D eigenvalue weighted by atomic mass is 10.0. The maximum atomic E-state index is 11.0. The number of rotatable bonds is 3. The van der Waals surface area contributed by atoms with Crippen LogP contribution in [-0.4, -0.2) is 16.1 Å². The molecule has 2 rings (SSSR count). The summed E-state index contributed by atoms with van der Waals surface area (Å²) in [6.07, 6.45) is 3.37.